The first kappa shape index (κ1) is 13.6. The summed E-state index contributed by atoms with van der Waals surface area (Å²) in [4.78, 5) is 10.4. The third-order valence-corrected chi connectivity index (χ3v) is 5.34. The predicted octanol–water partition coefficient (Wildman–Crippen LogP) is 3.64. The quantitative estimate of drug-likeness (QED) is 0.937. The number of aromatic nitrogens is 1. The van der Waals surface area contributed by atoms with Gasteiger partial charge < -0.3 is 5.32 Å². The molecule has 0 radical (unpaired) electrons. The fraction of sp³-hybridized carbons (Fsp3) is 0.333. The highest BCUT2D eigenvalue weighted by molar-refractivity contribution is 8.14. The molecular weight excluding hydrogens is 286 g/mol. The average molecular weight is 303 g/mol. The van der Waals surface area contributed by atoms with Crippen LogP contribution in [0.4, 0.5) is 0 Å². The molecule has 1 aromatic heterocycles. The number of thioether (sulfide) groups is 1. The van der Waals surface area contributed by atoms with Gasteiger partial charge in [-0.05, 0) is 12.0 Å². The van der Waals surface area contributed by atoms with Crippen molar-refractivity contribution >= 4 is 28.3 Å². The molecule has 5 heteroatoms. The number of aliphatic imine (C=N–C) groups is 1. The van der Waals surface area contributed by atoms with Gasteiger partial charge in [-0.3, -0.25) is 4.99 Å². The summed E-state index contributed by atoms with van der Waals surface area (Å²) in [6, 6.07) is 10.9. The van der Waals surface area contributed by atoms with Crippen molar-refractivity contribution < 1.29 is 0 Å². The van der Waals surface area contributed by atoms with Crippen LogP contribution in [0.5, 0.6) is 0 Å². The van der Waals surface area contributed by atoms with E-state index in [1.165, 1.54) is 10.4 Å². The molecule has 104 valence electrons. The number of hydrogen-bond donors (Lipinski definition) is 1. The van der Waals surface area contributed by atoms with Gasteiger partial charge in [0.25, 0.3) is 0 Å². The van der Waals surface area contributed by atoms with Gasteiger partial charge in [0.05, 0.1) is 12.6 Å². The summed E-state index contributed by atoms with van der Waals surface area (Å²) in [7, 11) is 0. The van der Waals surface area contributed by atoms with Gasteiger partial charge in [-0.15, -0.1) is 11.3 Å². The van der Waals surface area contributed by atoms with Crippen LogP contribution in [0.25, 0.3) is 0 Å². The van der Waals surface area contributed by atoms with E-state index in [0.717, 1.165) is 22.3 Å². The Morgan fingerprint density at radius 3 is 2.95 bits per heavy atom. The monoisotopic (exact) mass is 303 g/mol. The number of benzene rings is 1. The van der Waals surface area contributed by atoms with Gasteiger partial charge in [0.2, 0.25) is 0 Å². The SMILES string of the molecule is CCc1cnc(CN=C2NC(c3ccccc3)CS2)s1. The van der Waals surface area contributed by atoms with Crippen molar-refractivity contribution in [1.29, 1.82) is 0 Å². The zero-order chi connectivity index (χ0) is 13.8. The molecule has 1 unspecified atom stereocenters. The molecule has 2 heterocycles. The standard InChI is InChI=1S/C15H17N3S2/c1-2-12-8-16-14(20-12)9-17-15-18-13(10-19-15)11-6-4-3-5-7-11/h3-8,13H,2,9-10H2,1H3,(H,17,18). The van der Waals surface area contributed by atoms with E-state index in [4.69, 9.17) is 0 Å². The minimum Gasteiger partial charge on any atom is -0.357 e. The molecule has 1 N–H and O–H groups in total. The van der Waals surface area contributed by atoms with Crippen LogP contribution >= 0.6 is 23.1 Å². The molecule has 20 heavy (non-hydrogen) atoms. The maximum atomic E-state index is 4.63. The molecule has 0 spiro atoms. The Hall–Kier alpha value is -1.33. The number of nitrogens with zero attached hydrogens (tertiary/aromatic N) is 2. The highest BCUT2D eigenvalue weighted by atomic mass is 32.2. The summed E-state index contributed by atoms with van der Waals surface area (Å²) >= 11 is 3.55. The van der Waals surface area contributed by atoms with Crippen LogP contribution in [0, 0.1) is 0 Å². The van der Waals surface area contributed by atoms with Gasteiger partial charge in [-0.25, -0.2) is 4.98 Å². The lowest BCUT2D eigenvalue weighted by Crippen LogP contribution is -2.19. The highest BCUT2D eigenvalue weighted by Crippen LogP contribution is 2.26. The lowest BCUT2D eigenvalue weighted by atomic mass is 10.1. The molecule has 1 aliphatic heterocycles. The fourth-order valence-corrected chi connectivity index (χ4v) is 3.84. The first-order valence-electron chi connectivity index (χ1n) is 6.77. The molecule has 0 bridgehead atoms. The lowest BCUT2D eigenvalue weighted by Gasteiger charge is -2.09. The second-order valence-corrected chi connectivity index (χ2v) is 6.82. The van der Waals surface area contributed by atoms with Crippen LogP contribution in [0.2, 0.25) is 0 Å². The Morgan fingerprint density at radius 2 is 2.20 bits per heavy atom. The van der Waals surface area contributed by atoms with Gasteiger partial charge in [0, 0.05) is 16.8 Å². The summed E-state index contributed by atoms with van der Waals surface area (Å²) in [5, 5.41) is 5.62. The van der Waals surface area contributed by atoms with E-state index in [1.807, 2.05) is 12.3 Å². The van der Waals surface area contributed by atoms with E-state index in [-0.39, 0.29) is 0 Å². The first-order chi connectivity index (χ1) is 9.85. The Kier molecular flexibility index (Phi) is 4.38. The molecule has 2 aromatic rings. The molecule has 0 aliphatic carbocycles. The summed E-state index contributed by atoms with van der Waals surface area (Å²) in [6.07, 6.45) is 3.01. The van der Waals surface area contributed by atoms with Crippen LogP contribution in [-0.4, -0.2) is 15.9 Å². The van der Waals surface area contributed by atoms with E-state index < -0.39 is 0 Å². The smallest absolute Gasteiger partial charge is 0.157 e. The topological polar surface area (TPSA) is 37.3 Å². The van der Waals surface area contributed by atoms with Gasteiger partial charge in [0.15, 0.2) is 5.17 Å². The number of nitrogens with one attached hydrogen (secondary N) is 1. The third kappa shape index (κ3) is 3.22. The third-order valence-electron chi connectivity index (χ3n) is 3.19. The maximum absolute atomic E-state index is 4.63. The van der Waals surface area contributed by atoms with Crippen molar-refractivity contribution in [1.82, 2.24) is 10.3 Å². The normalized spacial score (nSPS) is 20.2. The van der Waals surface area contributed by atoms with Crippen molar-refractivity contribution in [2.45, 2.75) is 25.9 Å². The minimum atomic E-state index is 0.377. The van der Waals surface area contributed by atoms with Crippen molar-refractivity contribution in [3.8, 4) is 0 Å². The molecule has 0 saturated carbocycles. The van der Waals surface area contributed by atoms with Crippen LogP contribution < -0.4 is 5.32 Å². The number of thiazole rings is 1. The Bertz CT molecular complexity index is 592. The molecule has 3 rings (SSSR count). The van der Waals surface area contributed by atoms with Crippen molar-refractivity contribution in [2.24, 2.45) is 4.99 Å². The molecule has 3 nitrogen and oxygen atoms in total. The summed E-state index contributed by atoms with van der Waals surface area (Å²) in [6.45, 7) is 2.84. The number of aryl methyl sites for hydroxylation is 1. The summed E-state index contributed by atoms with van der Waals surface area (Å²) in [5.41, 5.74) is 1.33. The zero-order valence-electron chi connectivity index (χ0n) is 11.4. The fourth-order valence-electron chi connectivity index (χ4n) is 2.07. The zero-order valence-corrected chi connectivity index (χ0v) is 13.0. The second kappa shape index (κ2) is 6.41. The molecule has 1 atom stereocenters. The lowest BCUT2D eigenvalue weighted by molar-refractivity contribution is 0.748. The molecule has 1 saturated heterocycles. The second-order valence-electron chi connectivity index (χ2n) is 4.61. The van der Waals surface area contributed by atoms with Crippen molar-refractivity contribution in [2.75, 3.05) is 5.75 Å². The van der Waals surface area contributed by atoms with E-state index in [2.05, 4.69) is 46.5 Å². The first-order valence-corrected chi connectivity index (χ1v) is 8.57. The largest absolute Gasteiger partial charge is 0.357 e. The number of hydrogen-bond acceptors (Lipinski definition) is 4. The Labute approximate surface area is 127 Å². The summed E-state index contributed by atoms with van der Waals surface area (Å²) < 4.78 is 0. The number of rotatable bonds is 4. The summed E-state index contributed by atoms with van der Waals surface area (Å²) in [5.74, 6) is 1.04. The molecule has 1 aliphatic rings. The van der Waals surface area contributed by atoms with Crippen LogP contribution in [0.1, 0.15) is 28.4 Å². The van der Waals surface area contributed by atoms with E-state index >= 15 is 0 Å². The Balaban J connectivity index is 1.60. The highest BCUT2D eigenvalue weighted by Gasteiger charge is 2.21. The molecule has 1 aromatic carbocycles. The predicted molar refractivity (Wildman–Crippen MR) is 87.4 cm³/mol. The van der Waals surface area contributed by atoms with Gasteiger partial charge in [-0.1, -0.05) is 49.0 Å². The molecule has 1 fully saturated rings. The average Bonchev–Trinajstić information content (AvgIpc) is 3.15. The van der Waals surface area contributed by atoms with Crippen LogP contribution in [-0.2, 0) is 13.0 Å². The van der Waals surface area contributed by atoms with Crippen LogP contribution in [0.15, 0.2) is 41.5 Å². The minimum absolute atomic E-state index is 0.377. The van der Waals surface area contributed by atoms with E-state index in [0.29, 0.717) is 12.6 Å². The van der Waals surface area contributed by atoms with E-state index in [1.54, 1.807) is 23.1 Å². The molecule has 0 amide bonds. The van der Waals surface area contributed by atoms with Gasteiger partial charge in [-0.2, -0.15) is 0 Å². The van der Waals surface area contributed by atoms with Gasteiger partial charge in [0.1, 0.15) is 5.01 Å². The Morgan fingerprint density at radius 1 is 1.35 bits per heavy atom. The van der Waals surface area contributed by atoms with Crippen molar-refractivity contribution in [3.05, 3.63) is 52.0 Å². The van der Waals surface area contributed by atoms with Crippen LogP contribution in [0.3, 0.4) is 0 Å². The number of amidine groups is 1. The van der Waals surface area contributed by atoms with E-state index in [9.17, 15) is 0 Å². The molecular formula is C15H17N3S2. The maximum Gasteiger partial charge on any atom is 0.157 e. The van der Waals surface area contributed by atoms with Crippen molar-refractivity contribution in [3.63, 3.8) is 0 Å². The van der Waals surface area contributed by atoms with Gasteiger partial charge >= 0.3 is 0 Å².